The van der Waals surface area contributed by atoms with Gasteiger partial charge in [-0.1, -0.05) is 6.92 Å². The van der Waals surface area contributed by atoms with Crippen LogP contribution >= 0.6 is 0 Å². The minimum absolute atomic E-state index is 0. The molecule has 0 unspecified atom stereocenters. The van der Waals surface area contributed by atoms with E-state index in [1.54, 1.807) is 0 Å². The van der Waals surface area contributed by atoms with Crippen molar-refractivity contribution in [2.24, 2.45) is 0 Å². The summed E-state index contributed by atoms with van der Waals surface area (Å²) in [5.41, 5.74) is 0. The monoisotopic (exact) mass is 181 g/mol. The summed E-state index contributed by atoms with van der Waals surface area (Å²) in [6, 6.07) is 0. The lowest BCUT2D eigenvalue weighted by Crippen LogP contribution is -3.00. The first kappa shape index (κ1) is 11.3. The van der Waals surface area contributed by atoms with Crippen molar-refractivity contribution in [2.45, 2.75) is 13.3 Å². The first-order chi connectivity index (χ1) is 3.06. The number of quaternary nitrogens is 1. The van der Waals surface area contributed by atoms with Gasteiger partial charge in [0.15, 0.2) is 0 Å². The Hall–Kier alpha value is 0.440. The molecule has 0 atom stereocenters. The van der Waals surface area contributed by atoms with Crippen LogP contribution in [0.2, 0.25) is 0 Å². The van der Waals surface area contributed by atoms with E-state index in [2.05, 4.69) is 28.1 Å². The first-order valence-electron chi connectivity index (χ1n) is 2.86. The molecule has 0 N–H and O–H groups in total. The van der Waals surface area contributed by atoms with Crippen molar-refractivity contribution < 1.29 is 21.5 Å². The van der Waals surface area contributed by atoms with Gasteiger partial charge in [0.1, 0.15) is 0 Å². The highest BCUT2D eigenvalue weighted by atomic mass is 79.9. The Morgan fingerprint density at radius 3 is 1.50 bits per heavy atom. The predicted molar refractivity (Wildman–Crippen MR) is 33.2 cm³/mol. The maximum Gasteiger partial charge on any atom is 0.0777 e. The molecule has 52 valence electrons. The zero-order valence-corrected chi connectivity index (χ0v) is 7.83. The minimum atomic E-state index is 0. The molecule has 0 aromatic rings. The van der Waals surface area contributed by atoms with Gasteiger partial charge in [-0.25, -0.2) is 0 Å². The van der Waals surface area contributed by atoms with Crippen LogP contribution < -0.4 is 17.0 Å². The SMILES string of the molecule is CCC[N+](C)(C)C.[Br-]. The smallest absolute Gasteiger partial charge is 0.0777 e. The van der Waals surface area contributed by atoms with Crippen molar-refractivity contribution in [3.63, 3.8) is 0 Å². The van der Waals surface area contributed by atoms with E-state index in [0.717, 1.165) is 4.48 Å². The third-order valence-electron chi connectivity index (χ3n) is 0.894. The highest BCUT2D eigenvalue weighted by Crippen LogP contribution is 1.90. The van der Waals surface area contributed by atoms with E-state index in [1.165, 1.54) is 13.0 Å². The van der Waals surface area contributed by atoms with Crippen LogP contribution in [0.4, 0.5) is 0 Å². The normalized spacial score (nSPS) is 10.5. The maximum absolute atomic E-state index is 2.21. The molecule has 8 heavy (non-hydrogen) atoms. The molecule has 0 aromatic heterocycles. The van der Waals surface area contributed by atoms with Crippen LogP contribution in [-0.4, -0.2) is 32.2 Å². The van der Waals surface area contributed by atoms with Gasteiger partial charge in [-0.2, -0.15) is 0 Å². The van der Waals surface area contributed by atoms with Crippen LogP contribution in [0.3, 0.4) is 0 Å². The van der Waals surface area contributed by atoms with E-state index >= 15 is 0 Å². The summed E-state index contributed by atoms with van der Waals surface area (Å²) in [5, 5.41) is 0. The Balaban J connectivity index is 0. The molecule has 0 amide bonds. The van der Waals surface area contributed by atoms with E-state index < -0.39 is 0 Å². The minimum Gasteiger partial charge on any atom is -1.00 e. The fraction of sp³-hybridized carbons (Fsp3) is 1.00. The summed E-state index contributed by atoms with van der Waals surface area (Å²) in [7, 11) is 6.64. The number of hydrogen-bond donors (Lipinski definition) is 0. The van der Waals surface area contributed by atoms with E-state index in [9.17, 15) is 0 Å². The fourth-order valence-electron chi connectivity index (χ4n) is 0.671. The van der Waals surface area contributed by atoms with Crippen LogP contribution in [0.5, 0.6) is 0 Å². The molecule has 0 spiro atoms. The standard InChI is InChI=1S/C6H16N.BrH/c1-5-6-7(2,3)4;/h5-6H2,1-4H3;1H/q+1;/p-1. The van der Waals surface area contributed by atoms with E-state index in [4.69, 9.17) is 0 Å². The summed E-state index contributed by atoms with van der Waals surface area (Å²) in [6.45, 7) is 3.49. The van der Waals surface area contributed by atoms with Crippen molar-refractivity contribution in [3.8, 4) is 0 Å². The summed E-state index contributed by atoms with van der Waals surface area (Å²) in [4.78, 5) is 0. The molecule has 2 heteroatoms. The van der Waals surface area contributed by atoms with Crippen LogP contribution in [0, 0.1) is 0 Å². The van der Waals surface area contributed by atoms with E-state index in [1.807, 2.05) is 0 Å². The third-order valence-corrected chi connectivity index (χ3v) is 0.894. The lowest BCUT2D eigenvalue weighted by Gasteiger charge is -2.22. The molecule has 0 aliphatic heterocycles. The van der Waals surface area contributed by atoms with Crippen molar-refractivity contribution >= 4 is 0 Å². The molecular weight excluding hydrogens is 166 g/mol. The quantitative estimate of drug-likeness (QED) is 0.438. The van der Waals surface area contributed by atoms with Gasteiger partial charge in [-0.3, -0.25) is 0 Å². The Bertz CT molecular complexity index is 47.0. The average Bonchev–Trinajstić information content (AvgIpc) is 1.30. The van der Waals surface area contributed by atoms with Crippen LogP contribution in [0.1, 0.15) is 13.3 Å². The molecule has 0 saturated heterocycles. The number of rotatable bonds is 2. The summed E-state index contributed by atoms with van der Waals surface area (Å²) < 4.78 is 1.09. The fourth-order valence-corrected chi connectivity index (χ4v) is 0.671. The molecule has 0 aromatic carbocycles. The largest absolute Gasteiger partial charge is 1.00 e. The van der Waals surface area contributed by atoms with Crippen molar-refractivity contribution in [1.29, 1.82) is 0 Å². The Morgan fingerprint density at radius 1 is 1.12 bits per heavy atom. The zero-order valence-electron chi connectivity index (χ0n) is 6.24. The molecule has 0 rings (SSSR count). The second-order valence-corrected chi connectivity index (χ2v) is 3.01. The van der Waals surface area contributed by atoms with Crippen LogP contribution in [-0.2, 0) is 0 Å². The van der Waals surface area contributed by atoms with Gasteiger partial charge in [0.25, 0.3) is 0 Å². The molecule has 0 bridgehead atoms. The van der Waals surface area contributed by atoms with E-state index in [-0.39, 0.29) is 17.0 Å². The van der Waals surface area contributed by atoms with E-state index in [0.29, 0.717) is 0 Å². The van der Waals surface area contributed by atoms with Gasteiger partial charge in [0.05, 0.1) is 27.7 Å². The molecular formula is C6H16BrN. The zero-order chi connectivity index (χ0) is 5.91. The first-order valence-corrected chi connectivity index (χ1v) is 2.86. The molecule has 0 heterocycles. The highest BCUT2D eigenvalue weighted by Gasteiger charge is 2.01. The molecule has 1 nitrogen and oxygen atoms in total. The van der Waals surface area contributed by atoms with Gasteiger partial charge in [-0.15, -0.1) is 0 Å². The maximum atomic E-state index is 2.21. The van der Waals surface area contributed by atoms with Crippen LogP contribution in [0.15, 0.2) is 0 Å². The molecule has 0 aliphatic rings. The Kier molecular flexibility index (Phi) is 6.10. The topological polar surface area (TPSA) is 0 Å². The van der Waals surface area contributed by atoms with Gasteiger partial charge in [0, 0.05) is 0 Å². The second kappa shape index (κ2) is 4.33. The molecule has 0 fully saturated rings. The summed E-state index contributed by atoms with van der Waals surface area (Å²) in [6.07, 6.45) is 1.28. The third kappa shape index (κ3) is 9.67. The predicted octanol–water partition coefficient (Wildman–Crippen LogP) is -1.89. The Morgan fingerprint density at radius 2 is 1.50 bits per heavy atom. The molecule has 0 aliphatic carbocycles. The lowest BCUT2D eigenvalue weighted by molar-refractivity contribution is -0.870. The second-order valence-electron chi connectivity index (χ2n) is 3.01. The summed E-state index contributed by atoms with van der Waals surface area (Å²) in [5.74, 6) is 0. The van der Waals surface area contributed by atoms with Crippen molar-refractivity contribution in [1.82, 2.24) is 0 Å². The van der Waals surface area contributed by atoms with Crippen molar-refractivity contribution in [2.75, 3.05) is 27.7 Å². The van der Waals surface area contributed by atoms with Crippen LogP contribution in [0.25, 0.3) is 0 Å². The number of halogens is 1. The average molecular weight is 182 g/mol. The van der Waals surface area contributed by atoms with Gasteiger partial charge < -0.3 is 21.5 Å². The number of hydrogen-bond acceptors (Lipinski definition) is 0. The van der Waals surface area contributed by atoms with Gasteiger partial charge >= 0.3 is 0 Å². The van der Waals surface area contributed by atoms with Gasteiger partial charge in [0.2, 0.25) is 0 Å². The molecule has 0 saturated carbocycles. The lowest BCUT2D eigenvalue weighted by atomic mass is 10.4. The summed E-state index contributed by atoms with van der Waals surface area (Å²) >= 11 is 0. The van der Waals surface area contributed by atoms with Crippen molar-refractivity contribution in [3.05, 3.63) is 0 Å². The Labute approximate surface area is 63.0 Å². The number of nitrogens with zero attached hydrogens (tertiary/aromatic N) is 1. The highest BCUT2D eigenvalue weighted by molar-refractivity contribution is 4.20. The molecule has 0 radical (unpaired) electrons. The van der Waals surface area contributed by atoms with Gasteiger partial charge in [-0.05, 0) is 6.42 Å².